The van der Waals surface area contributed by atoms with Gasteiger partial charge in [-0.25, -0.2) is 4.98 Å². The number of hydrogen-bond donors (Lipinski definition) is 0. The topological polar surface area (TPSA) is 17.3 Å². The van der Waals surface area contributed by atoms with Crippen molar-refractivity contribution in [3.05, 3.63) is 58.9 Å². The molecule has 1 aliphatic rings. The van der Waals surface area contributed by atoms with Gasteiger partial charge in [0.15, 0.2) is 0 Å². The molecule has 0 atom stereocenters. The summed E-state index contributed by atoms with van der Waals surface area (Å²) in [6, 6.07) is 13.4. The molecule has 0 unspecified atom stereocenters. The zero-order valence-electron chi connectivity index (χ0n) is 12.3. The summed E-state index contributed by atoms with van der Waals surface area (Å²) in [5, 5.41) is 3.95. The summed E-state index contributed by atoms with van der Waals surface area (Å²) in [6.45, 7) is 4.29. The van der Waals surface area contributed by atoms with Crippen LogP contribution in [0.1, 0.15) is 22.5 Å². The molecule has 0 amide bonds. The molecule has 102 valence electrons. The second kappa shape index (κ2) is 3.64. The molecule has 0 saturated carbocycles. The highest BCUT2D eigenvalue weighted by Gasteiger charge is 2.21. The second-order valence-corrected chi connectivity index (χ2v) is 6.17. The van der Waals surface area contributed by atoms with Crippen molar-refractivity contribution in [2.45, 2.75) is 26.7 Å². The Bertz CT molecular complexity index is 1050. The normalized spacial score (nSPS) is 13.8. The minimum absolute atomic E-state index is 1.09. The molecule has 0 bridgehead atoms. The number of rotatable bonds is 0. The van der Waals surface area contributed by atoms with Gasteiger partial charge in [0, 0.05) is 16.5 Å². The predicted octanol–water partition coefficient (Wildman–Crippen LogP) is 4.36. The van der Waals surface area contributed by atoms with Crippen LogP contribution in [0.3, 0.4) is 0 Å². The number of nitrogens with zero attached hydrogens (tertiary/aromatic N) is 2. The maximum Gasteiger partial charge on any atom is 0.145 e. The third-order valence-electron chi connectivity index (χ3n) is 4.85. The van der Waals surface area contributed by atoms with Crippen LogP contribution in [0.5, 0.6) is 0 Å². The Morgan fingerprint density at radius 1 is 0.952 bits per heavy atom. The van der Waals surface area contributed by atoms with Crippen molar-refractivity contribution < 1.29 is 0 Å². The van der Waals surface area contributed by atoms with Gasteiger partial charge in [0.25, 0.3) is 0 Å². The van der Waals surface area contributed by atoms with E-state index in [9.17, 15) is 0 Å². The molecule has 0 N–H and O–H groups in total. The third-order valence-corrected chi connectivity index (χ3v) is 4.85. The molecule has 0 aliphatic carbocycles. The lowest BCUT2D eigenvalue weighted by Crippen LogP contribution is -2.07. The fourth-order valence-electron chi connectivity index (χ4n) is 3.88. The Morgan fingerprint density at radius 3 is 2.76 bits per heavy atom. The molecule has 1 aliphatic heterocycles. The lowest BCUT2D eigenvalue weighted by Gasteiger charge is -2.18. The number of para-hydroxylation sites is 1. The van der Waals surface area contributed by atoms with E-state index in [4.69, 9.17) is 4.98 Å². The smallest absolute Gasteiger partial charge is 0.145 e. The molecule has 2 nitrogen and oxygen atoms in total. The first kappa shape index (κ1) is 11.3. The van der Waals surface area contributed by atoms with E-state index < -0.39 is 0 Å². The molecule has 0 fully saturated rings. The average molecular weight is 272 g/mol. The van der Waals surface area contributed by atoms with Gasteiger partial charge in [-0.1, -0.05) is 35.9 Å². The second-order valence-electron chi connectivity index (χ2n) is 6.17. The first-order valence-electron chi connectivity index (χ1n) is 7.56. The van der Waals surface area contributed by atoms with E-state index in [0.29, 0.717) is 0 Å². The summed E-state index contributed by atoms with van der Waals surface area (Å²) in [5.41, 5.74) is 7.80. The van der Waals surface area contributed by atoms with Crippen LogP contribution in [-0.2, 0) is 12.8 Å². The van der Waals surface area contributed by atoms with E-state index in [1.165, 1.54) is 44.2 Å². The van der Waals surface area contributed by atoms with Crippen LogP contribution in [0.15, 0.2) is 36.4 Å². The van der Waals surface area contributed by atoms with Gasteiger partial charge < -0.3 is 0 Å². The summed E-state index contributed by atoms with van der Waals surface area (Å²) in [5.74, 6) is 0. The molecule has 4 aromatic rings. The van der Waals surface area contributed by atoms with E-state index >= 15 is 0 Å². The standard InChI is InChI=1S/C19H16N2/c1-11-6-8-14-15-5-3-4-13-7-9-17-12(2)20-19(16(14)10-11)21(17)18(13)15/h3-6,8,10H,7,9H2,1-2H3. The first-order chi connectivity index (χ1) is 10.2. The fraction of sp³-hybridized carbons (Fsp3) is 0.211. The number of aromatic nitrogens is 2. The largest absolute Gasteiger partial charge is 0.296 e. The Hall–Kier alpha value is -2.35. The van der Waals surface area contributed by atoms with Crippen LogP contribution < -0.4 is 0 Å². The van der Waals surface area contributed by atoms with Gasteiger partial charge in [-0.3, -0.25) is 4.40 Å². The van der Waals surface area contributed by atoms with Gasteiger partial charge in [0.2, 0.25) is 0 Å². The molecule has 0 saturated heterocycles. The molecule has 0 spiro atoms. The van der Waals surface area contributed by atoms with Gasteiger partial charge in [-0.15, -0.1) is 0 Å². The zero-order chi connectivity index (χ0) is 14.1. The summed E-state index contributed by atoms with van der Waals surface area (Å²) in [7, 11) is 0. The molecule has 2 aromatic heterocycles. The van der Waals surface area contributed by atoms with Crippen LogP contribution in [0, 0.1) is 13.8 Å². The molecule has 2 heteroatoms. The monoisotopic (exact) mass is 272 g/mol. The van der Waals surface area contributed by atoms with Gasteiger partial charge in [0.05, 0.1) is 11.2 Å². The zero-order valence-corrected chi connectivity index (χ0v) is 12.3. The third kappa shape index (κ3) is 1.30. The van der Waals surface area contributed by atoms with Crippen LogP contribution in [-0.4, -0.2) is 9.38 Å². The molecule has 0 radical (unpaired) electrons. The Morgan fingerprint density at radius 2 is 1.86 bits per heavy atom. The van der Waals surface area contributed by atoms with E-state index in [2.05, 4.69) is 54.6 Å². The number of fused-ring (bicyclic) bond motifs is 3. The number of aryl methyl sites for hydroxylation is 4. The lowest BCUT2D eigenvalue weighted by molar-refractivity contribution is 0.866. The van der Waals surface area contributed by atoms with Crippen molar-refractivity contribution in [2.75, 3.05) is 0 Å². The highest BCUT2D eigenvalue weighted by atomic mass is 15.0. The van der Waals surface area contributed by atoms with Crippen molar-refractivity contribution >= 4 is 27.3 Å². The minimum atomic E-state index is 1.09. The molecule has 2 aromatic carbocycles. The minimum Gasteiger partial charge on any atom is -0.296 e. The number of hydrogen-bond acceptors (Lipinski definition) is 1. The summed E-state index contributed by atoms with van der Waals surface area (Å²) in [6.07, 6.45) is 2.22. The summed E-state index contributed by atoms with van der Waals surface area (Å²) in [4.78, 5) is 4.90. The van der Waals surface area contributed by atoms with Crippen LogP contribution >= 0.6 is 0 Å². The van der Waals surface area contributed by atoms with Gasteiger partial charge in [-0.2, -0.15) is 0 Å². The molecular formula is C19H16N2. The average Bonchev–Trinajstić information content (AvgIpc) is 2.84. The summed E-state index contributed by atoms with van der Waals surface area (Å²) < 4.78 is 2.41. The first-order valence-corrected chi connectivity index (χ1v) is 7.56. The molecule has 21 heavy (non-hydrogen) atoms. The Balaban J connectivity index is 2.23. The van der Waals surface area contributed by atoms with Crippen molar-refractivity contribution in [1.82, 2.24) is 9.38 Å². The maximum absolute atomic E-state index is 4.90. The highest BCUT2D eigenvalue weighted by Crippen LogP contribution is 2.36. The van der Waals surface area contributed by atoms with Crippen molar-refractivity contribution in [2.24, 2.45) is 0 Å². The van der Waals surface area contributed by atoms with Crippen LogP contribution in [0.2, 0.25) is 0 Å². The fourth-order valence-corrected chi connectivity index (χ4v) is 3.88. The van der Waals surface area contributed by atoms with E-state index in [1.807, 2.05) is 0 Å². The number of benzene rings is 2. The molecular weight excluding hydrogens is 256 g/mol. The summed E-state index contributed by atoms with van der Waals surface area (Å²) >= 11 is 0. The van der Waals surface area contributed by atoms with Crippen molar-refractivity contribution in [3.63, 3.8) is 0 Å². The predicted molar refractivity (Wildman–Crippen MR) is 87.1 cm³/mol. The van der Waals surface area contributed by atoms with Crippen molar-refractivity contribution in [1.29, 1.82) is 0 Å². The van der Waals surface area contributed by atoms with Gasteiger partial charge in [0.1, 0.15) is 5.65 Å². The van der Waals surface area contributed by atoms with Gasteiger partial charge >= 0.3 is 0 Å². The number of imidazole rings is 1. The van der Waals surface area contributed by atoms with E-state index in [1.54, 1.807) is 0 Å². The van der Waals surface area contributed by atoms with Crippen LogP contribution in [0.25, 0.3) is 27.3 Å². The molecule has 3 heterocycles. The molecule has 5 rings (SSSR count). The number of pyridine rings is 1. The lowest BCUT2D eigenvalue weighted by atomic mass is 9.96. The SMILES string of the molecule is Cc1ccc2c(c1)c1nc(C)c3n1c1c(cccc21)CC3. The highest BCUT2D eigenvalue weighted by molar-refractivity contribution is 6.13. The van der Waals surface area contributed by atoms with Crippen LogP contribution in [0.4, 0.5) is 0 Å². The van der Waals surface area contributed by atoms with E-state index in [0.717, 1.165) is 18.5 Å². The van der Waals surface area contributed by atoms with Gasteiger partial charge in [-0.05, 0) is 43.7 Å². The van der Waals surface area contributed by atoms with E-state index in [-0.39, 0.29) is 0 Å². The van der Waals surface area contributed by atoms with Crippen molar-refractivity contribution in [3.8, 4) is 0 Å². The quantitative estimate of drug-likeness (QED) is 0.435. The maximum atomic E-state index is 4.90. The Kier molecular flexibility index (Phi) is 1.96. The Labute approximate surface area is 123 Å².